The lowest BCUT2D eigenvalue weighted by Crippen LogP contribution is -2.20. The van der Waals surface area contributed by atoms with E-state index in [0.29, 0.717) is 55.8 Å². The number of hydrogen-bond donors (Lipinski definition) is 0. The van der Waals surface area contributed by atoms with Crippen LogP contribution in [0.15, 0.2) is 66.7 Å². The molecule has 6 nitrogen and oxygen atoms in total. The molecule has 0 N–H and O–H groups in total. The van der Waals surface area contributed by atoms with Gasteiger partial charge in [0.2, 0.25) is 0 Å². The summed E-state index contributed by atoms with van der Waals surface area (Å²) >= 11 is 0. The Labute approximate surface area is 213 Å². The number of benzene rings is 3. The van der Waals surface area contributed by atoms with Crippen LogP contribution in [0.3, 0.4) is 0 Å². The van der Waals surface area contributed by atoms with E-state index in [0.717, 1.165) is 23.1 Å². The van der Waals surface area contributed by atoms with Gasteiger partial charge in [0.25, 0.3) is 0 Å². The van der Waals surface area contributed by atoms with E-state index in [4.69, 9.17) is 23.7 Å². The second-order valence-corrected chi connectivity index (χ2v) is 8.81. The second kappa shape index (κ2) is 12.3. The Morgan fingerprint density at radius 1 is 0.750 bits per heavy atom. The van der Waals surface area contributed by atoms with Gasteiger partial charge < -0.3 is 23.7 Å². The maximum Gasteiger partial charge on any atom is 0.309 e. The average Bonchev–Trinajstić information content (AvgIpc) is 3.23. The Balaban J connectivity index is 1.47. The molecule has 3 aromatic carbocycles. The third kappa shape index (κ3) is 6.30. The first-order chi connectivity index (χ1) is 17.6. The SMILES string of the molecule is CCOc1cc(C[C@H]2COC(=O)[C@@H]2Cc2ccc(OCc3ccccc3)c(OCC)c2)ccc1OC. The third-order valence-corrected chi connectivity index (χ3v) is 6.34. The molecule has 1 heterocycles. The summed E-state index contributed by atoms with van der Waals surface area (Å²) in [4.78, 5) is 12.7. The molecule has 3 aromatic rings. The Kier molecular flexibility index (Phi) is 8.71. The highest BCUT2D eigenvalue weighted by molar-refractivity contribution is 5.75. The molecule has 0 radical (unpaired) electrons. The lowest BCUT2D eigenvalue weighted by Gasteiger charge is -2.18. The van der Waals surface area contributed by atoms with Crippen molar-refractivity contribution in [3.8, 4) is 23.0 Å². The van der Waals surface area contributed by atoms with E-state index in [9.17, 15) is 4.79 Å². The zero-order valence-corrected chi connectivity index (χ0v) is 21.2. The highest BCUT2D eigenvalue weighted by atomic mass is 16.5. The first-order valence-corrected chi connectivity index (χ1v) is 12.5. The molecule has 1 saturated heterocycles. The van der Waals surface area contributed by atoms with Gasteiger partial charge in [0.05, 0.1) is 32.8 Å². The molecule has 0 aromatic heterocycles. The van der Waals surface area contributed by atoms with Gasteiger partial charge in [-0.15, -0.1) is 0 Å². The van der Waals surface area contributed by atoms with Crippen molar-refractivity contribution < 1.29 is 28.5 Å². The van der Waals surface area contributed by atoms with E-state index < -0.39 is 0 Å². The van der Waals surface area contributed by atoms with Gasteiger partial charge in [0, 0.05) is 5.92 Å². The summed E-state index contributed by atoms with van der Waals surface area (Å²) < 4.78 is 28.5. The number of rotatable bonds is 12. The fourth-order valence-corrected chi connectivity index (χ4v) is 4.53. The van der Waals surface area contributed by atoms with Crippen LogP contribution in [-0.4, -0.2) is 32.9 Å². The third-order valence-electron chi connectivity index (χ3n) is 6.34. The van der Waals surface area contributed by atoms with Crippen molar-refractivity contribution in [1.82, 2.24) is 0 Å². The number of cyclic esters (lactones) is 1. The number of carbonyl (C=O) groups excluding carboxylic acids is 1. The molecule has 0 unspecified atom stereocenters. The first-order valence-electron chi connectivity index (χ1n) is 12.5. The van der Waals surface area contributed by atoms with Crippen molar-refractivity contribution in [3.63, 3.8) is 0 Å². The summed E-state index contributed by atoms with van der Waals surface area (Å²) in [5.74, 6) is 2.49. The molecule has 0 saturated carbocycles. The monoisotopic (exact) mass is 490 g/mol. The summed E-state index contributed by atoms with van der Waals surface area (Å²) in [7, 11) is 1.63. The zero-order valence-electron chi connectivity index (χ0n) is 21.2. The molecule has 6 heteroatoms. The fourth-order valence-electron chi connectivity index (χ4n) is 4.53. The number of ether oxygens (including phenoxy) is 5. The highest BCUT2D eigenvalue weighted by Gasteiger charge is 2.37. The van der Waals surface area contributed by atoms with Crippen LogP contribution in [0.25, 0.3) is 0 Å². The fraction of sp³-hybridized carbons (Fsp3) is 0.367. The minimum Gasteiger partial charge on any atom is -0.493 e. The normalized spacial score (nSPS) is 16.9. The van der Waals surface area contributed by atoms with E-state index >= 15 is 0 Å². The Morgan fingerprint density at radius 2 is 1.39 bits per heavy atom. The molecular weight excluding hydrogens is 456 g/mol. The van der Waals surface area contributed by atoms with Gasteiger partial charge in [0.15, 0.2) is 23.0 Å². The summed E-state index contributed by atoms with van der Waals surface area (Å²) in [6.07, 6.45) is 1.30. The topological polar surface area (TPSA) is 63.2 Å². The molecular formula is C30H34O6. The smallest absolute Gasteiger partial charge is 0.309 e. The standard InChI is InChI=1S/C30H34O6/c1-4-33-28-17-22(11-13-26(28)32-3)15-24-20-36-30(31)25(24)16-23-12-14-27(29(18-23)34-5-2)35-19-21-9-7-6-8-10-21/h6-14,17-18,24-25H,4-5,15-16,19-20H2,1-3H3/t24-,25+/m0/s1. The maximum absolute atomic E-state index is 12.7. The van der Waals surface area contributed by atoms with Crippen molar-refractivity contribution in [3.05, 3.63) is 83.4 Å². The van der Waals surface area contributed by atoms with E-state index in [-0.39, 0.29) is 17.8 Å². The number of carbonyl (C=O) groups is 1. The van der Waals surface area contributed by atoms with Gasteiger partial charge in [-0.2, -0.15) is 0 Å². The minimum absolute atomic E-state index is 0.0740. The largest absolute Gasteiger partial charge is 0.493 e. The van der Waals surface area contributed by atoms with Gasteiger partial charge in [0.1, 0.15) is 6.61 Å². The number of esters is 1. The first kappa shape index (κ1) is 25.4. The minimum atomic E-state index is -0.229. The molecule has 36 heavy (non-hydrogen) atoms. The Hall–Kier alpha value is -3.67. The molecule has 0 amide bonds. The van der Waals surface area contributed by atoms with Crippen LogP contribution in [-0.2, 0) is 29.0 Å². The molecule has 0 spiro atoms. The molecule has 0 bridgehead atoms. The van der Waals surface area contributed by atoms with Gasteiger partial charge in [-0.3, -0.25) is 4.79 Å². The Morgan fingerprint density at radius 3 is 2.06 bits per heavy atom. The van der Waals surface area contributed by atoms with Crippen LogP contribution in [0.1, 0.15) is 30.5 Å². The molecule has 190 valence electrons. The predicted octanol–water partition coefficient (Wildman–Crippen LogP) is 5.65. The second-order valence-electron chi connectivity index (χ2n) is 8.81. The van der Waals surface area contributed by atoms with Crippen molar-refractivity contribution in [2.24, 2.45) is 11.8 Å². The van der Waals surface area contributed by atoms with Crippen LogP contribution in [0.4, 0.5) is 0 Å². The van der Waals surface area contributed by atoms with E-state index in [1.807, 2.05) is 80.6 Å². The lowest BCUT2D eigenvalue weighted by molar-refractivity contribution is -0.141. The summed E-state index contributed by atoms with van der Waals surface area (Å²) in [6.45, 7) is 5.85. The zero-order chi connectivity index (χ0) is 25.3. The lowest BCUT2D eigenvalue weighted by atomic mass is 9.85. The molecule has 1 aliphatic rings. The molecule has 4 rings (SSSR count). The summed E-state index contributed by atoms with van der Waals surface area (Å²) in [5, 5.41) is 0. The van der Waals surface area contributed by atoms with Gasteiger partial charge in [-0.1, -0.05) is 42.5 Å². The van der Waals surface area contributed by atoms with Gasteiger partial charge in [-0.05, 0) is 67.6 Å². The highest BCUT2D eigenvalue weighted by Crippen LogP contribution is 2.35. The number of methoxy groups -OCH3 is 1. The van der Waals surface area contributed by atoms with Crippen LogP contribution in [0.5, 0.6) is 23.0 Å². The van der Waals surface area contributed by atoms with E-state index in [2.05, 4.69) is 0 Å². The van der Waals surface area contributed by atoms with Crippen LogP contribution in [0.2, 0.25) is 0 Å². The van der Waals surface area contributed by atoms with Gasteiger partial charge in [-0.25, -0.2) is 0 Å². The predicted molar refractivity (Wildman–Crippen MR) is 138 cm³/mol. The molecule has 1 fully saturated rings. The Bertz CT molecular complexity index is 1140. The van der Waals surface area contributed by atoms with Gasteiger partial charge >= 0.3 is 5.97 Å². The van der Waals surface area contributed by atoms with E-state index in [1.54, 1.807) is 7.11 Å². The van der Waals surface area contributed by atoms with Crippen LogP contribution < -0.4 is 18.9 Å². The quantitative estimate of drug-likeness (QED) is 0.306. The van der Waals surface area contributed by atoms with Crippen molar-refractivity contribution >= 4 is 5.97 Å². The average molecular weight is 491 g/mol. The van der Waals surface area contributed by atoms with Crippen molar-refractivity contribution in [2.45, 2.75) is 33.3 Å². The van der Waals surface area contributed by atoms with Crippen molar-refractivity contribution in [2.75, 3.05) is 26.9 Å². The molecule has 1 aliphatic heterocycles. The molecule has 0 aliphatic carbocycles. The van der Waals surface area contributed by atoms with Crippen LogP contribution in [0, 0.1) is 11.8 Å². The summed E-state index contributed by atoms with van der Waals surface area (Å²) in [6, 6.07) is 21.9. The number of hydrogen-bond acceptors (Lipinski definition) is 6. The van der Waals surface area contributed by atoms with Crippen LogP contribution >= 0.6 is 0 Å². The molecule has 2 atom stereocenters. The van der Waals surface area contributed by atoms with E-state index in [1.165, 1.54) is 0 Å². The van der Waals surface area contributed by atoms with Crippen molar-refractivity contribution in [1.29, 1.82) is 0 Å². The maximum atomic E-state index is 12.7. The summed E-state index contributed by atoms with van der Waals surface area (Å²) in [5.41, 5.74) is 3.20.